The second-order valence-corrected chi connectivity index (χ2v) is 8.65. The predicted octanol–water partition coefficient (Wildman–Crippen LogP) is 4.58. The summed E-state index contributed by atoms with van der Waals surface area (Å²) in [5, 5.41) is 0. The van der Waals surface area contributed by atoms with Gasteiger partial charge in [0.15, 0.2) is 0 Å². The Labute approximate surface area is 212 Å². The smallest absolute Gasteiger partial charge is 0.750 e. The van der Waals surface area contributed by atoms with Crippen molar-refractivity contribution >= 4 is 11.0 Å². The summed E-state index contributed by atoms with van der Waals surface area (Å²) in [6.45, 7) is 6.57. The molecule has 0 radical (unpaired) electrons. The third-order valence-electron chi connectivity index (χ3n) is 5.28. The molecule has 0 N–H and O–H groups in total. The molecule has 0 saturated carbocycles. The predicted molar refractivity (Wildman–Crippen MR) is 126 cm³/mol. The topological polar surface area (TPSA) is 66.4 Å². The number of unbranched alkanes of at least 4 members (excludes halogenated alkanes) is 18. The first-order chi connectivity index (χ1) is 14.1. The van der Waals surface area contributed by atoms with Crippen molar-refractivity contribution in [2.75, 3.05) is 13.2 Å². The fraction of sp³-hybridized carbons (Fsp3) is 1.00. The van der Waals surface area contributed by atoms with Gasteiger partial charge in [-0.1, -0.05) is 129 Å². The summed E-state index contributed by atoms with van der Waals surface area (Å²) < 4.78 is 31.2. The molecule has 0 aromatic heterocycles. The monoisotopic (exact) mass is 458 g/mol. The van der Waals surface area contributed by atoms with Gasteiger partial charge in [-0.25, -0.2) is 8.42 Å². The third-order valence-corrected chi connectivity index (χ3v) is 5.28. The number of hydrogen-bond acceptors (Lipinski definition) is 4. The van der Waals surface area contributed by atoms with E-state index in [1.807, 2.05) is 0 Å². The van der Waals surface area contributed by atoms with Crippen molar-refractivity contribution in [1.82, 2.24) is 0 Å². The van der Waals surface area contributed by atoms with E-state index in [2.05, 4.69) is 13.8 Å². The van der Waals surface area contributed by atoms with E-state index in [9.17, 15) is 0 Å². The molecule has 0 amide bonds. The Morgan fingerprint density at radius 1 is 0.500 bits per heavy atom. The maximum atomic E-state index is 8.48. The summed E-state index contributed by atoms with van der Waals surface area (Å²) >= 11 is 0. The number of rotatable bonds is 22. The minimum Gasteiger partial charge on any atom is -0.750 e. The molecule has 0 spiro atoms. The van der Waals surface area contributed by atoms with Crippen LogP contribution in [-0.2, 0) is 15.7 Å². The fourth-order valence-corrected chi connectivity index (χ4v) is 3.49. The molecule has 0 saturated heterocycles. The van der Waals surface area contributed by atoms with Crippen molar-refractivity contribution in [3.05, 3.63) is 0 Å². The average molecular weight is 459 g/mol. The van der Waals surface area contributed by atoms with Crippen LogP contribution in [0.15, 0.2) is 0 Å². The van der Waals surface area contributed by atoms with Crippen LogP contribution in [0.5, 0.6) is 0 Å². The van der Waals surface area contributed by atoms with Gasteiger partial charge in [0.25, 0.3) is 0 Å². The van der Waals surface area contributed by atoms with Gasteiger partial charge in [0.05, 0.1) is 11.0 Å². The molecule has 30 heavy (non-hydrogen) atoms. The van der Waals surface area contributed by atoms with Gasteiger partial charge in [-0.05, 0) is 12.8 Å². The minimum atomic E-state index is -3.37. The van der Waals surface area contributed by atoms with E-state index < -0.39 is 11.0 Å². The normalized spacial score (nSPS) is 10.5. The molecule has 4 nitrogen and oxygen atoms in total. The summed E-state index contributed by atoms with van der Waals surface area (Å²) in [5.74, 6) is 0. The van der Waals surface area contributed by atoms with Gasteiger partial charge in [-0.3, -0.25) is 0 Å². The van der Waals surface area contributed by atoms with E-state index in [0.29, 0.717) is 0 Å². The SMILES string of the molecule is CCCCCCCCCCCCOCCCCCCCCCCCC.O=[SH](=O)[O-].[Na+]. The Hall–Kier alpha value is 0.870. The molecule has 0 unspecified atom stereocenters. The van der Waals surface area contributed by atoms with Crippen LogP contribution in [0.4, 0.5) is 0 Å². The van der Waals surface area contributed by atoms with Crippen molar-refractivity contribution in [3.8, 4) is 0 Å². The zero-order chi connectivity index (χ0) is 21.8. The van der Waals surface area contributed by atoms with Gasteiger partial charge < -0.3 is 9.29 Å². The van der Waals surface area contributed by atoms with Crippen molar-refractivity contribution in [2.24, 2.45) is 0 Å². The molecule has 0 aliphatic rings. The van der Waals surface area contributed by atoms with Crippen LogP contribution in [0, 0.1) is 0 Å². The van der Waals surface area contributed by atoms with E-state index in [0.717, 1.165) is 13.2 Å². The molecule has 0 rings (SSSR count). The van der Waals surface area contributed by atoms with Gasteiger partial charge in [-0.2, -0.15) is 0 Å². The first-order valence-electron chi connectivity index (χ1n) is 12.5. The zero-order valence-corrected chi connectivity index (χ0v) is 23.5. The number of ether oxygens (including phenoxy) is 1. The van der Waals surface area contributed by atoms with E-state index in [1.165, 1.54) is 128 Å². The molecule has 0 aliphatic heterocycles. The average Bonchev–Trinajstić information content (AvgIpc) is 2.69. The molecule has 0 atom stereocenters. The summed E-state index contributed by atoms with van der Waals surface area (Å²) in [4.78, 5) is 0. The van der Waals surface area contributed by atoms with Crippen LogP contribution in [0.25, 0.3) is 0 Å². The Kier molecular flexibility index (Phi) is 40.8. The first-order valence-corrected chi connectivity index (χ1v) is 13.6. The molecule has 0 aromatic carbocycles. The molecule has 0 bridgehead atoms. The molecule has 0 fully saturated rings. The van der Waals surface area contributed by atoms with Gasteiger partial charge >= 0.3 is 29.6 Å². The number of thiol groups is 1. The first kappa shape index (κ1) is 35.5. The fourth-order valence-electron chi connectivity index (χ4n) is 3.49. The van der Waals surface area contributed by atoms with Crippen LogP contribution in [0.1, 0.15) is 142 Å². The Balaban J connectivity index is -0.00000133. The van der Waals surface area contributed by atoms with E-state index in [-0.39, 0.29) is 29.6 Å². The summed E-state index contributed by atoms with van der Waals surface area (Å²) in [6, 6.07) is 0. The van der Waals surface area contributed by atoms with E-state index in [1.54, 1.807) is 0 Å². The van der Waals surface area contributed by atoms with Crippen LogP contribution in [-0.4, -0.2) is 26.2 Å². The molecule has 178 valence electrons. The minimum absolute atomic E-state index is 0. The quantitative estimate of drug-likeness (QED) is 0.112. The Morgan fingerprint density at radius 3 is 0.933 bits per heavy atom. The molecule has 0 aliphatic carbocycles. The second-order valence-electron chi connectivity index (χ2n) is 8.20. The van der Waals surface area contributed by atoms with Crippen LogP contribution >= 0.6 is 0 Å². The summed E-state index contributed by atoms with van der Waals surface area (Å²) in [6.07, 6.45) is 28.2. The van der Waals surface area contributed by atoms with Crippen LogP contribution in [0.3, 0.4) is 0 Å². The molecule has 0 aromatic rings. The van der Waals surface area contributed by atoms with Gasteiger partial charge in [-0.15, -0.1) is 0 Å². The largest absolute Gasteiger partial charge is 1.00 e. The molecular formula is C24H51NaO4S. The third kappa shape index (κ3) is 42.9. The van der Waals surface area contributed by atoms with Crippen molar-refractivity contribution in [3.63, 3.8) is 0 Å². The molecule has 0 heterocycles. The Bertz CT molecular complexity index is 322. The summed E-state index contributed by atoms with van der Waals surface area (Å²) in [7, 11) is -3.37. The van der Waals surface area contributed by atoms with Crippen molar-refractivity contribution in [2.45, 2.75) is 142 Å². The summed E-state index contributed by atoms with van der Waals surface area (Å²) in [5.41, 5.74) is 0. The molecule has 6 heteroatoms. The standard InChI is InChI=1S/C24H50O.Na.H2O3S/c1-3-5-7-9-11-13-15-17-19-21-23-25-24-22-20-18-16-14-12-10-8-6-4-2;;1-4(2)3/h3-24H2,1-2H3;;4H,(H,1,2,3)/q;+1;/p-1. The zero-order valence-electron chi connectivity index (χ0n) is 20.6. The second kappa shape index (κ2) is 34.5. The van der Waals surface area contributed by atoms with Crippen molar-refractivity contribution in [1.29, 1.82) is 0 Å². The van der Waals surface area contributed by atoms with E-state index >= 15 is 0 Å². The van der Waals surface area contributed by atoms with Crippen LogP contribution < -0.4 is 29.6 Å². The van der Waals surface area contributed by atoms with Gasteiger partial charge in [0.2, 0.25) is 0 Å². The van der Waals surface area contributed by atoms with E-state index in [4.69, 9.17) is 17.7 Å². The number of hydrogen-bond donors (Lipinski definition) is 1. The molecular weight excluding hydrogens is 407 g/mol. The Morgan fingerprint density at radius 2 is 0.700 bits per heavy atom. The van der Waals surface area contributed by atoms with Gasteiger partial charge in [0, 0.05) is 13.2 Å². The maximum Gasteiger partial charge on any atom is 1.00 e. The van der Waals surface area contributed by atoms with Gasteiger partial charge in [0.1, 0.15) is 0 Å². The van der Waals surface area contributed by atoms with Crippen molar-refractivity contribution < 1.29 is 47.3 Å². The maximum absolute atomic E-state index is 8.48. The van der Waals surface area contributed by atoms with Crippen LogP contribution in [0.2, 0.25) is 0 Å².